The molecule has 0 amide bonds. The third-order valence-electron chi connectivity index (χ3n) is 1.87. The van der Waals surface area contributed by atoms with Crippen molar-refractivity contribution in [2.75, 3.05) is 6.54 Å². The molecule has 80 valence electrons. The lowest BCUT2D eigenvalue weighted by Gasteiger charge is -1.97. The molecular weight excluding hydrogens is 240 g/mol. The quantitative estimate of drug-likeness (QED) is 0.469. The number of thiazole rings is 1. The van der Waals surface area contributed by atoms with Crippen molar-refractivity contribution in [3.05, 3.63) is 17.6 Å². The average Bonchev–Trinajstić information content (AvgIpc) is 2.74. The zero-order valence-corrected chi connectivity index (χ0v) is 10.2. The average molecular weight is 248 g/mol. The second-order valence-electron chi connectivity index (χ2n) is 2.89. The highest BCUT2D eigenvalue weighted by atomic mass is 32.2. The van der Waals surface area contributed by atoms with Gasteiger partial charge in [-0.15, -0.1) is 11.3 Å². The van der Waals surface area contributed by atoms with Gasteiger partial charge in [-0.05, 0) is 30.8 Å². The van der Waals surface area contributed by atoms with Gasteiger partial charge in [0.15, 0.2) is 0 Å². The van der Waals surface area contributed by atoms with Gasteiger partial charge in [0.25, 0.3) is 0 Å². The molecule has 0 spiro atoms. The van der Waals surface area contributed by atoms with Crippen LogP contribution in [0.5, 0.6) is 0 Å². The fourth-order valence-corrected chi connectivity index (χ4v) is 2.52. The molecule has 0 aliphatic rings. The molecule has 0 aliphatic carbocycles. The van der Waals surface area contributed by atoms with E-state index >= 15 is 0 Å². The summed E-state index contributed by atoms with van der Waals surface area (Å²) in [5, 5.41) is 18.8. The Bertz CT molecular complexity index is 568. The van der Waals surface area contributed by atoms with Gasteiger partial charge in [0.1, 0.15) is 16.6 Å². The van der Waals surface area contributed by atoms with Crippen LogP contribution in [0, 0.1) is 10.7 Å². The minimum atomic E-state index is 0.640. The Kier molecular flexibility index (Phi) is 3.49. The molecule has 0 atom stereocenters. The SMILES string of the molecule is CCN=Nc1cc(SC#N)cc2scnc12. The summed E-state index contributed by atoms with van der Waals surface area (Å²) in [6, 6.07) is 3.79. The van der Waals surface area contributed by atoms with Gasteiger partial charge in [0.05, 0.1) is 16.8 Å². The fraction of sp³-hybridized carbons (Fsp3) is 0.200. The zero-order valence-electron chi connectivity index (χ0n) is 8.54. The van der Waals surface area contributed by atoms with E-state index in [9.17, 15) is 0 Å². The van der Waals surface area contributed by atoms with E-state index in [1.807, 2.05) is 19.1 Å². The standard InChI is InChI=1S/C10H8N4S2/c1-2-13-14-8-3-7(15-5-11)4-9-10(8)12-6-16-9/h3-4,6H,2H2,1H3. The molecule has 0 fully saturated rings. The Labute approximate surface area is 101 Å². The van der Waals surface area contributed by atoms with Crippen LogP contribution < -0.4 is 0 Å². The number of rotatable bonds is 3. The number of nitriles is 1. The van der Waals surface area contributed by atoms with Gasteiger partial charge < -0.3 is 0 Å². The van der Waals surface area contributed by atoms with Crippen LogP contribution in [0.15, 0.2) is 32.8 Å². The summed E-state index contributed by atoms with van der Waals surface area (Å²) < 4.78 is 1.03. The van der Waals surface area contributed by atoms with E-state index in [1.165, 1.54) is 11.3 Å². The third kappa shape index (κ3) is 2.21. The lowest BCUT2D eigenvalue weighted by molar-refractivity contribution is 1.01. The van der Waals surface area contributed by atoms with Crippen molar-refractivity contribution < 1.29 is 0 Å². The number of thiocyanates is 1. The Balaban J connectivity index is 2.55. The number of hydrogen-bond donors (Lipinski definition) is 0. The molecular formula is C10H8N4S2. The lowest BCUT2D eigenvalue weighted by Crippen LogP contribution is -1.74. The Morgan fingerprint density at radius 2 is 2.44 bits per heavy atom. The summed E-state index contributed by atoms with van der Waals surface area (Å²) in [5.74, 6) is 0. The van der Waals surface area contributed by atoms with E-state index in [0.717, 1.165) is 32.6 Å². The second kappa shape index (κ2) is 5.05. The predicted molar refractivity (Wildman–Crippen MR) is 66.1 cm³/mol. The molecule has 16 heavy (non-hydrogen) atoms. The summed E-state index contributed by atoms with van der Waals surface area (Å²) in [4.78, 5) is 5.12. The van der Waals surface area contributed by atoms with E-state index in [1.54, 1.807) is 5.51 Å². The van der Waals surface area contributed by atoms with Crippen LogP contribution in [0.4, 0.5) is 5.69 Å². The molecule has 0 unspecified atom stereocenters. The molecule has 2 aromatic rings. The van der Waals surface area contributed by atoms with E-state index in [0.29, 0.717) is 6.54 Å². The van der Waals surface area contributed by atoms with Crippen molar-refractivity contribution in [2.45, 2.75) is 11.8 Å². The van der Waals surface area contributed by atoms with Crippen LogP contribution in [-0.4, -0.2) is 11.5 Å². The number of fused-ring (bicyclic) bond motifs is 1. The smallest absolute Gasteiger partial charge is 0.138 e. The van der Waals surface area contributed by atoms with Crippen LogP contribution in [0.3, 0.4) is 0 Å². The lowest BCUT2D eigenvalue weighted by atomic mass is 10.3. The Morgan fingerprint density at radius 1 is 1.56 bits per heavy atom. The summed E-state index contributed by atoms with van der Waals surface area (Å²) in [6.45, 7) is 2.57. The number of thioether (sulfide) groups is 1. The maximum atomic E-state index is 8.66. The highest BCUT2D eigenvalue weighted by Crippen LogP contribution is 2.33. The van der Waals surface area contributed by atoms with Crippen molar-refractivity contribution >= 4 is 39.0 Å². The van der Waals surface area contributed by atoms with Crippen LogP contribution >= 0.6 is 23.1 Å². The number of hydrogen-bond acceptors (Lipinski definition) is 6. The molecule has 0 saturated carbocycles. The van der Waals surface area contributed by atoms with Gasteiger partial charge in [-0.3, -0.25) is 0 Å². The molecule has 1 aromatic heterocycles. The predicted octanol–water partition coefficient (Wildman–Crippen LogP) is 3.97. The van der Waals surface area contributed by atoms with Crippen molar-refractivity contribution in [2.24, 2.45) is 10.2 Å². The minimum absolute atomic E-state index is 0.640. The molecule has 0 N–H and O–H groups in total. The molecule has 2 rings (SSSR count). The highest BCUT2D eigenvalue weighted by molar-refractivity contribution is 8.03. The monoisotopic (exact) mass is 248 g/mol. The number of aromatic nitrogens is 1. The first-order chi connectivity index (χ1) is 7.85. The Hall–Kier alpha value is -1.45. The zero-order chi connectivity index (χ0) is 11.4. The van der Waals surface area contributed by atoms with Gasteiger partial charge in [0.2, 0.25) is 0 Å². The Morgan fingerprint density at radius 3 is 3.19 bits per heavy atom. The highest BCUT2D eigenvalue weighted by Gasteiger charge is 2.06. The third-order valence-corrected chi connectivity index (χ3v) is 3.21. The van der Waals surface area contributed by atoms with Gasteiger partial charge in [0, 0.05) is 4.90 Å². The first-order valence-corrected chi connectivity index (χ1v) is 6.35. The largest absolute Gasteiger partial charge is 0.242 e. The molecule has 1 aromatic carbocycles. The van der Waals surface area contributed by atoms with Gasteiger partial charge in [-0.2, -0.15) is 15.5 Å². The number of nitrogens with zero attached hydrogens (tertiary/aromatic N) is 4. The van der Waals surface area contributed by atoms with E-state index in [-0.39, 0.29) is 0 Å². The van der Waals surface area contributed by atoms with Crippen LogP contribution in [0.2, 0.25) is 0 Å². The van der Waals surface area contributed by atoms with Crippen LogP contribution in [0.1, 0.15) is 6.92 Å². The van der Waals surface area contributed by atoms with Gasteiger partial charge in [-0.25, -0.2) is 4.98 Å². The number of benzene rings is 1. The van der Waals surface area contributed by atoms with E-state index in [4.69, 9.17) is 5.26 Å². The molecule has 0 bridgehead atoms. The summed E-state index contributed by atoms with van der Waals surface area (Å²) in [6.07, 6.45) is 0. The van der Waals surface area contributed by atoms with Crippen molar-refractivity contribution in [1.82, 2.24) is 4.98 Å². The van der Waals surface area contributed by atoms with Crippen molar-refractivity contribution in [1.29, 1.82) is 5.26 Å². The van der Waals surface area contributed by atoms with E-state index in [2.05, 4.69) is 20.6 Å². The molecule has 1 heterocycles. The molecule has 6 heteroatoms. The fourth-order valence-electron chi connectivity index (χ4n) is 1.26. The summed E-state index contributed by atoms with van der Waals surface area (Å²) >= 11 is 2.66. The summed E-state index contributed by atoms with van der Waals surface area (Å²) in [7, 11) is 0. The first-order valence-electron chi connectivity index (χ1n) is 4.66. The summed E-state index contributed by atoms with van der Waals surface area (Å²) in [5.41, 5.74) is 3.36. The topological polar surface area (TPSA) is 61.4 Å². The molecule has 4 nitrogen and oxygen atoms in total. The van der Waals surface area contributed by atoms with Gasteiger partial charge >= 0.3 is 0 Å². The maximum absolute atomic E-state index is 8.66. The molecule has 0 saturated heterocycles. The van der Waals surface area contributed by atoms with Crippen molar-refractivity contribution in [3.63, 3.8) is 0 Å². The second-order valence-corrected chi connectivity index (χ2v) is 4.64. The number of azo groups is 1. The van der Waals surface area contributed by atoms with E-state index < -0.39 is 0 Å². The van der Waals surface area contributed by atoms with Crippen LogP contribution in [0.25, 0.3) is 10.2 Å². The minimum Gasteiger partial charge on any atom is -0.242 e. The molecule has 0 aliphatic heterocycles. The molecule has 0 radical (unpaired) electrons. The first kappa shape index (κ1) is 11.0. The van der Waals surface area contributed by atoms with Crippen molar-refractivity contribution in [3.8, 4) is 5.40 Å². The van der Waals surface area contributed by atoms with Crippen LogP contribution in [-0.2, 0) is 0 Å². The maximum Gasteiger partial charge on any atom is 0.138 e. The van der Waals surface area contributed by atoms with Gasteiger partial charge in [-0.1, -0.05) is 0 Å². The normalized spacial score (nSPS) is 11.0.